The molecule has 2 N–H and O–H groups in total. The molecule has 0 saturated heterocycles. The van der Waals surface area contributed by atoms with E-state index in [0.717, 1.165) is 21.9 Å². The van der Waals surface area contributed by atoms with Crippen molar-refractivity contribution in [2.75, 3.05) is 12.8 Å². The second-order valence-corrected chi connectivity index (χ2v) is 4.36. The number of aromatic nitrogens is 1. The number of benzene rings is 2. The lowest BCUT2D eigenvalue weighted by molar-refractivity contribution is 0.417. The van der Waals surface area contributed by atoms with E-state index < -0.39 is 0 Å². The number of nitrogens with two attached hydrogens (primary N) is 1. The lowest BCUT2D eigenvalue weighted by atomic mass is 10.0. The van der Waals surface area contributed by atoms with E-state index in [1.54, 1.807) is 13.3 Å². The van der Waals surface area contributed by atoms with Crippen molar-refractivity contribution in [3.05, 3.63) is 54.9 Å². The highest BCUT2D eigenvalue weighted by Gasteiger charge is 2.06. The van der Waals surface area contributed by atoms with E-state index in [1.165, 1.54) is 0 Å². The molecule has 0 aliphatic carbocycles. The number of anilines is 1. The van der Waals surface area contributed by atoms with Crippen LogP contribution in [0.3, 0.4) is 0 Å². The number of ether oxygens (including phenoxy) is 1. The van der Waals surface area contributed by atoms with E-state index in [0.29, 0.717) is 11.4 Å². The Kier molecular flexibility index (Phi) is 2.80. The summed E-state index contributed by atoms with van der Waals surface area (Å²) in [4.78, 5) is 4.14. The van der Waals surface area contributed by atoms with E-state index in [9.17, 15) is 0 Å². The maximum atomic E-state index is 6.14. The summed E-state index contributed by atoms with van der Waals surface area (Å²) in [6, 6.07) is 14.1. The van der Waals surface area contributed by atoms with Crippen molar-refractivity contribution >= 4 is 16.5 Å². The molecule has 19 heavy (non-hydrogen) atoms. The van der Waals surface area contributed by atoms with Gasteiger partial charge in [0, 0.05) is 23.3 Å². The first-order valence-electron chi connectivity index (χ1n) is 6.06. The molecule has 0 amide bonds. The van der Waals surface area contributed by atoms with Crippen LogP contribution in [-0.2, 0) is 0 Å². The van der Waals surface area contributed by atoms with Crippen LogP contribution in [0.4, 0.5) is 5.69 Å². The smallest absolute Gasteiger partial charge is 0.142 e. The van der Waals surface area contributed by atoms with E-state index in [4.69, 9.17) is 10.5 Å². The van der Waals surface area contributed by atoms with Gasteiger partial charge in [-0.05, 0) is 29.1 Å². The number of rotatable bonds is 2. The SMILES string of the molecule is COc1ccc2ccc(-c3cccnc3)cc2c1N. The van der Waals surface area contributed by atoms with Gasteiger partial charge in [0.2, 0.25) is 0 Å². The Balaban J connectivity index is 2.22. The fourth-order valence-electron chi connectivity index (χ4n) is 2.21. The first-order chi connectivity index (χ1) is 9.29. The summed E-state index contributed by atoms with van der Waals surface area (Å²) in [5.74, 6) is 0.704. The summed E-state index contributed by atoms with van der Waals surface area (Å²) >= 11 is 0. The van der Waals surface area contributed by atoms with Crippen LogP contribution in [-0.4, -0.2) is 12.1 Å². The van der Waals surface area contributed by atoms with Crippen LogP contribution in [0.15, 0.2) is 54.9 Å². The summed E-state index contributed by atoms with van der Waals surface area (Å²) in [6.45, 7) is 0. The Hall–Kier alpha value is -2.55. The molecule has 3 rings (SSSR count). The van der Waals surface area contributed by atoms with Crippen LogP contribution in [0.2, 0.25) is 0 Å². The third-order valence-electron chi connectivity index (χ3n) is 3.24. The highest BCUT2D eigenvalue weighted by Crippen LogP contribution is 2.33. The van der Waals surface area contributed by atoms with Crippen molar-refractivity contribution in [2.45, 2.75) is 0 Å². The molecule has 0 saturated carbocycles. The molecule has 2 aromatic carbocycles. The molecule has 0 aliphatic rings. The monoisotopic (exact) mass is 250 g/mol. The van der Waals surface area contributed by atoms with Gasteiger partial charge in [-0.15, -0.1) is 0 Å². The fraction of sp³-hybridized carbons (Fsp3) is 0.0625. The van der Waals surface area contributed by atoms with Gasteiger partial charge < -0.3 is 10.5 Å². The van der Waals surface area contributed by atoms with Crippen molar-refractivity contribution in [1.29, 1.82) is 0 Å². The van der Waals surface area contributed by atoms with Gasteiger partial charge >= 0.3 is 0 Å². The van der Waals surface area contributed by atoms with Gasteiger partial charge in [0.05, 0.1) is 12.8 Å². The molecule has 0 atom stereocenters. The molecule has 0 unspecified atom stereocenters. The molecule has 1 aromatic heterocycles. The van der Waals surface area contributed by atoms with E-state index >= 15 is 0 Å². The topological polar surface area (TPSA) is 48.1 Å². The average molecular weight is 250 g/mol. The van der Waals surface area contributed by atoms with Crippen LogP contribution in [0.1, 0.15) is 0 Å². The third-order valence-corrected chi connectivity index (χ3v) is 3.24. The molecule has 0 radical (unpaired) electrons. The van der Waals surface area contributed by atoms with Gasteiger partial charge in [-0.2, -0.15) is 0 Å². The van der Waals surface area contributed by atoms with Crippen molar-refractivity contribution in [1.82, 2.24) is 4.98 Å². The molecule has 3 aromatic rings. The Bertz CT molecular complexity index is 723. The predicted octanol–water partition coefficient (Wildman–Crippen LogP) is 3.49. The van der Waals surface area contributed by atoms with Crippen LogP contribution >= 0.6 is 0 Å². The summed E-state index contributed by atoms with van der Waals surface area (Å²) in [7, 11) is 1.63. The first kappa shape index (κ1) is 11.5. The Morgan fingerprint density at radius 2 is 1.89 bits per heavy atom. The van der Waals surface area contributed by atoms with Crippen molar-refractivity contribution in [2.24, 2.45) is 0 Å². The van der Waals surface area contributed by atoms with Crippen LogP contribution < -0.4 is 10.5 Å². The van der Waals surface area contributed by atoms with E-state index in [1.807, 2.05) is 30.5 Å². The fourth-order valence-corrected chi connectivity index (χ4v) is 2.21. The van der Waals surface area contributed by atoms with Crippen LogP contribution in [0.25, 0.3) is 21.9 Å². The van der Waals surface area contributed by atoms with Gasteiger partial charge in [0.15, 0.2) is 0 Å². The minimum Gasteiger partial charge on any atom is -0.495 e. The van der Waals surface area contributed by atoms with E-state index in [2.05, 4.69) is 23.2 Å². The Morgan fingerprint density at radius 3 is 2.63 bits per heavy atom. The van der Waals surface area contributed by atoms with Crippen molar-refractivity contribution in [3.63, 3.8) is 0 Å². The zero-order valence-corrected chi connectivity index (χ0v) is 10.6. The Labute approximate surface area is 111 Å². The van der Waals surface area contributed by atoms with Gasteiger partial charge in [-0.3, -0.25) is 4.98 Å². The molecular formula is C16H14N2O. The zero-order chi connectivity index (χ0) is 13.2. The lowest BCUT2D eigenvalue weighted by Crippen LogP contribution is -1.93. The quantitative estimate of drug-likeness (QED) is 0.708. The number of pyridine rings is 1. The molecule has 0 fully saturated rings. The summed E-state index contributed by atoms with van der Waals surface area (Å²) < 4.78 is 5.26. The van der Waals surface area contributed by atoms with E-state index in [-0.39, 0.29) is 0 Å². The number of methoxy groups -OCH3 is 1. The van der Waals surface area contributed by atoms with Gasteiger partial charge in [-0.25, -0.2) is 0 Å². The molecule has 3 heteroatoms. The second-order valence-electron chi connectivity index (χ2n) is 4.36. The minimum absolute atomic E-state index is 0.672. The maximum Gasteiger partial charge on any atom is 0.142 e. The molecule has 0 aliphatic heterocycles. The predicted molar refractivity (Wildman–Crippen MR) is 78.1 cm³/mol. The summed E-state index contributed by atoms with van der Waals surface area (Å²) in [6.07, 6.45) is 3.61. The van der Waals surface area contributed by atoms with Gasteiger partial charge in [0.1, 0.15) is 5.75 Å². The first-order valence-corrected chi connectivity index (χ1v) is 6.06. The van der Waals surface area contributed by atoms with Crippen LogP contribution in [0, 0.1) is 0 Å². The normalized spacial score (nSPS) is 10.6. The third kappa shape index (κ3) is 1.99. The highest BCUT2D eigenvalue weighted by molar-refractivity contribution is 5.98. The second kappa shape index (κ2) is 4.61. The molecule has 0 spiro atoms. The van der Waals surface area contributed by atoms with Crippen LogP contribution in [0.5, 0.6) is 5.75 Å². The molecular weight excluding hydrogens is 236 g/mol. The molecule has 0 bridgehead atoms. The average Bonchev–Trinajstić information content (AvgIpc) is 2.48. The maximum absolute atomic E-state index is 6.14. The van der Waals surface area contributed by atoms with Crippen molar-refractivity contribution < 1.29 is 4.74 Å². The Morgan fingerprint density at radius 1 is 1.05 bits per heavy atom. The summed E-state index contributed by atoms with van der Waals surface area (Å²) in [5, 5.41) is 2.10. The minimum atomic E-state index is 0.672. The highest BCUT2D eigenvalue weighted by atomic mass is 16.5. The number of fused-ring (bicyclic) bond motifs is 1. The lowest BCUT2D eigenvalue weighted by Gasteiger charge is -2.09. The molecule has 94 valence electrons. The van der Waals surface area contributed by atoms with Crippen molar-refractivity contribution in [3.8, 4) is 16.9 Å². The van der Waals surface area contributed by atoms with Gasteiger partial charge in [0.25, 0.3) is 0 Å². The number of nitrogen functional groups attached to an aromatic ring is 1. The number of nitrogens with zero attached hydrogens (tertiary/aromatic N) is 1. The zero-order valence-electron chi connectivity index (χ0n) is 10.6. The molecule has 3 nitrogen and oxygen atoms in total. The number of hydrogen-bond acceptors (Lipinski definition) is 3. The van der Waals surface area contributed by atoms with Gasteiger partial charge in [-0.1, -0.05) is 24.3 Å². The largest absolute Gasteiger partial charge is 0.495 e. The number of hydrogen-bond donors (Lipinski definition) is 1. The standard InChI is InChI=1S/C16H14N2O/c1-19-15-7-6-11-4-5-12(9-14(11)16(15)17)13-3-2-8-18-10-13/h2-10H,17H2,1H3. The summed E-state index contributed by atoms with van der Waals surface area (Å²) in [5.41, 5.74) is 8.98. The molecule has 1 heterocycles.